The van der Waals surface area contributed by atoms with Gasteiger partial charge in [0.25, 0.3) is 0 Å². The molecule has 0 amide bonds. The largest absolute Gasteiger partial charge is 0.394 e. The Morgan fingerprint density at radius 2 is 1.55 bits per heavy atom. The third kappa shape index (κ3) is 3.92. The van der Waals surface area contributed by atoms with E-state index in [4.69, 9.17) is 0 Å². The fourth-order valence-corrected chi connectivity index (χ4v) is 2.59. The van der Waals surface area contributed by atoms with Crippen molar-refractivity contribution >= 4 is 15.9 Å². The SMILES string of the molecule is CCC(N[C@H](CO)c1ccccc1)c1ccc(Br)cc1. The van der Waals surface area contributed by atoms with Gasteiger partial charge in [-0.15, -0.1) is 0 Å². The Kier molecular flexibility index (Phi) is 5.77. The van der Waals surface area contributed by atoms with E-state index in [9.17, 15) is 5.11 Å². The van der Waals surface area contributed by atoms with Crippen LogP contribution in [0.5, 0.6) is 0 Å². The average molecular weight is 334 g/mol. The lowest BCUT2D eigenvalue weighted by Crippen LogP contribution is -2.28. The standard InChI is InChI=1S/C17H20BrNO/c1-2-16(14-8-10-15(18)11-9-14)19-17(12-20)13-6-4-3-5-7-13/h3-11,16-17,19-20H,2,12H2,1H3/t16?,17-/m1/s1. The Morgan fingerprint density at radius 1 is 0.950 bits per heavy atom. The number of hydrogen-bond acceptors (Lipinski definition) is 2. The topological polar surface area (TPSA) is 32.3 Å². The summed E-state index contributed by atoms with van der Waals surface area (Å²) in [5, 5.41) is 13.2. The molecule has 2 atom stereocenters. The Morgan fingerprint density at radius 3 is 2.10 bits per heavy atom. The second kappa shape index (κ2) is 7.58. The summed E-state index contributed by atoms with van der Waals surface area (Å²) in [5.74, 6) is 0. The van der Waals surface area contributed by atoms with Crippen LogP contribution in [0.1, 0.15) is 36.6 Å². The zero-order chi connectivity index (χ0) is 14.4. The first-order chi connectivity index (χ1) is 9.74. The summed E-state index contributed by atoms with van der Waals surface area (Å²) in [4.78, 5) is 0. The van der Waals surface area contributed by atoms with Crippen molar-refractivity contribution in [3.63, 3.8) is 0 Å². The van der Waals surface area contributed by atoms with Gasteiger partial charge in [0.1, 0.15) is 0 Å². The van der Waals surface area contributed by atoms with Crippen LogP contribution in [0.15, 0.2) is 59.1 Å². The lowest BCUT2D eigenvalue weighted by atomic mass is 10.0. The van der Waals surface area contributed by atoms with Crippen LogP contribution in [0.4, 0.5) is 0 Å². The minimum Gasteiger partial charge on any atom is -0.394 e. The van der Waals surface area contributed by atoms with E-state index in [1.165, 1.54) is 5.56 Å². The molecular formula is C17H20BrNO. The van der Waals surface area contributed by atoms with E-state index < -0.39 is 0 Å². The van der Waals surface area contributed by atoms with Crippen molar-refractivity contribution in [1.82, 2.24) is 5.32 Å². The highest BCUT2D eigenvalue weighted by molar-refractivity contribution is 9.10. The van der Waals surface area contributed by atoms with Crippen LogP contribution < -0.4 is 5.32 Å². The van der Waals surface area contributed by atoms with Gasteiger partial charge < -0.3 is 10.4 Å². The molecule has 0 spiro atoms. The zero-order valence-corrected chi connectivity index (χ0v) is 13.2. The maximum atomic E-state index is 9.64. The molecule has 0 radical (unpaired) electrons. The van der Waals surface area contributed by atoms with E-state index in [2.05, 4.69) is 52.4 Å². The first-order valence-corrected chi connectivity index (χ1v) is 7.71. The third-order valence-corrected chi connectivity index (χ3v) is 4.00. The van der Waals surface area contributed by atoms with Crippen molar-refractivity contribution in [2.75, 3.05) is 6.61 Å². The zero-order valence-electron chi connectivity index (χ0n) is 11.6. The fourth-order valence-electron chi connectivity index (χ4n) is 2.33. The highest BCUT2D eigenvalue weighted by Gasteiger charge is 2.16. The summed E-state index contributed by atoms with van der Waals surface area (Å²) in [5.41, 5.74) is 2.36. The molecule has 2 nitrogen and oxygen atoms in total. The van der Waals surface area contributed by atoms with Crippen LogP contribution in [0.2, 0.25) is 0 Å². The average Bonchev–Trinajstić information content (AvgIpc) is 2.51. The van der Waals surface area contributed by atoms with Gasteiger partial charge in [-0.1, -0.05) is 65.3 Å². The van der Waals surface area contributed by atoms with Crippen LogP contribution in [-0.4, -0.2) is 11.7 Å². The van der Waals surface area contributed by atoms with E-state index in [1.54, 1.807) is 0 Å². The maximum Gasteiger partial charge on any atom is 0.0626 e. The number of nitrogens with one attached hydrogen (secondary N) is 1. The second-order valence-electron chi connectivity index (χ2n) is 4.82. The Labute approximate surface area is 129 Å². The lowest BCUT2D eigenvalue weighted by molar-refractivity contribution is 0.232. The quantitative estimate of drug-likeness (QED) is 0.829. The van der Waals surface area contributed by atoms with Crippen molar-refractivity contribution in [3.8, 4) is 0 Å². The summed E-state index contributed by atoms with van der Waals surface area (Å²) < 4.78 is 1.08. The molecule has 0 saturated carbocycles. The second-order valence-corrected chi connectivity index (χ2v) is 5.74. The summed E-state index contributed by atoms with van der Waals surface area (Å²) in [6, 6.07) is 18.6. The van der Waals surface area contributed by atoms with Gasteiger partial charge in [-0.3, -0.25) is 0 Å². The predicted molar refractivity (Wildman–Crippen MR) is 86.6 cm³/mol. The van der Waals surface area contributed by atoms with Crippen molar-refractivity contribution in [2.24, 2.45) is 0 Å². The number of aliphatic hydroxyl groups is 1. The highest BCUT2D eigenvalue weighted by atomic mass is 79.9. The first kappa shape index (κ1) is 15.2. The van der Waals surface area contributed by atoms with E-state index in [0.29, 0.717) is 0 Å². The molecule has 0 fully saturated rings. The lowest BCUT2D eigenvalue weighted by Gasteiger charge is -2.24. The minimum absolute atomic E-state index is 0.0372. The molecule has 2 rings (SSSR count). The van der Waals surface area contributed by atoms with Gasteiger partial charge in [-0.2, -0.15) is 0 Å². The van der Waals surface area contributed by atoms with Crippen LogP contribution in [0.25, 0.3) is 0 Å². The summed E-state index contributed by atoms with van der Waals surface area (Å²) in [6.45, 7) is 2.25. The number of benzene rings is 2. The van der Waals surface area contributed by atoms with Crippen molar-refractivity contribution in [3.05, 3.63) is 70.2 Å². The summed E-state index contributed by atoms with van der Waals surface area (Å²) >= 11 is 3.46. The van der Waals surface area contributed by atoms with Crippen molar-refractivity contribution < 1.29 is 5.11 Å². The van der Waals surface area contributed by atoms with Gasteiger partial charge in [0.2, 0.25) is 0 Å². The van der Waals surface area contributed by atoms with E-state index in [1.807, 2.05) is 30.3 Å². The van der Waals surface area contributed by atoms with E-state index in [-0.39, 0.29) is 18.7 Å². The Bertz CT molecular complexity index is 512. The third-order valence-electron chi connectivity index (χ3n) is 3.47. The monoisotopic (exact) mass is 333 g/mol. The van der Waals surface area contributed by atoms with Gasteiger partial charge in [0.15, 0.2) is 0 Å². The Balaban J connectivity index is 2.14. The molecule has 1 unspecified atom stereocenters. The number of rotatable bonds is 6. The summed E-state index contributed by atoms with van der Waals surface area (Å²) in [7, 11) is 0. The molecular weight excluding hydrogens is 314 g/mol. The maximum absolute atomic E-state index is 9.64. The smallest absolute Gasteiger partial charge is 0.0626 e. The van der Waals surface area contributed by atoms with Crippen LogP contribution in [0.3, 0.4) is 0 Å². The van der Waals surface area contributed by atoms with E-state index >= 15 is 0 Å². The van der Waals surface area contributed by atoms with Gasteiger partial charge in [-0.25, -0.2) is 0 Å². The highest BCUT2D eigenvalue weighted by Crippen LogP contribution is 2.23. The van der Waals surface area contributed by atoms with Gasteiger partial charge in [0, 0.05) is 10.5 Å². The molecule has 2 aromatic carbocycles. The molecule has 0 aliphatic rings. The van der Waals surface area contributed by atoms with E-state index in [0.717, 1.165) is 16.5 Å². The number of aliphatic hydroxyl groups excluding tert-OH is 1. The molecule has 2 aromatic rings. The molecule has 0 aromatic heterocycles. The van der Waals surface area contributed by atoms with Crippen LogP contribution in [0, 0.1) is 0 Å². The molecule has 106 valence electrons. The summed E-state index contributed by atoms with van der Waals surface area (Å²) in [6.07, 6.45) is 0.977. The molecule has 20 heavy (non-hydrogen) atoms. The molecule has 2 N–H and O–H groups in total. The molecule has 0 aliphatic heterocycles. The molecule has 3 heteroatoms. The predicted octanol–water partition coefficient (Wildman–Crippen LogP) is 4.22. The first-order valence-electron chi connectivity index (χ1n) is 6.92. The van der Waals surface area contributed by atoms with Gasteiger partial charge in [-0.05, 0) is 29.7 Å². The van der Waals surface area contributed by atoms with Crippen LogP contribution >= 0.6 is 15.9 Å². The van der Waals surface area contributed by atoms with Gasteiger partial charge >= 0.3 is 0 Å². The molecule has 0 aliphatic carbocycles. The normalized spacial score (nSPS) is 13.9. The molecule has 0 saturated heterocycles. The van der Waals surface area contributed by atoms with Crippen molar-refractivity contribution in [2.45, 2.75) is 25.4 Å². The van der Waals surface area contributed by atoms with Crippen molar-refractivity contribution in [1.29, 1.82) is 0 Å². The van der Waals surface area contributed by atoms with Crippen LogP contribution in [-0.2, 0) is 0 Å². The Hall–Kier alpha value is -1.16. The number of halogens is 1. The fraction of sp³-hybridized carbons (Fsp3) is 0.294. The minimum atomic E-state index is -0.0372. The number of hydrogen-bond donors (Lipinski definition) is 2. The van der Waals surface area contributed by atoms with Gasteiger partial charge in [0.05, 0.1) is 12.6 Å². The molecule has 0 bridgehead atoms. The molecule has 0 heterocycles.